The maximum absolute atomic E-state index is 12.5. The lowest BCUT2D eigenvalue weighted by molar-refractivity contribution is -0.156. The minimum absolute atomic E-state index is 0.0983. The van der Waals surface area contributed by atoms with Crippen LogP contribution in [0.3, 0.4) is 0 Å². The van der Waals surface area contributed by atoms with E-state index in [1.165, 1.54) is 11.1 Å². The summed E-state index contributed by atoms with van der Waals surface area (Å²) in [5, 5.41) is 0. The molecule has 0 fully saturated rings. The minimum atomic E-state index is -0.778. The second kappa shape index (κ2) is 6.27. The zero-order valence-electron chi connectivity index (χ0n) is 14.6. The predicted molar refractivity (Wildman–Crippen MR) is 96.8 cm³/mol. The Bertz CT molecular complexity index is 739. The Morgan fingerprint density at radius 2 is 1.46 bits per heavy atom. The molecule has 0 atom stereocenters. The summed E-state index contributed by atoms with van der Waals surface area (Å²) in [6.07, 6.45) is 1.90. The second-order valence-electron chi connectivity index (χ2n) is 6.87. The molecule has 124 valence electrons. The van der Waals surface area contributed by atoms with Crippen molar-refractivity contribution in [1.82, 2.24) is 0 Å². The number of ether oxygens (including phenoxy) is 1. The van der Waals surface area contributed by atoms with E-state index in [1.807, 2.05) is 12.1 Å². The van der Waals surface area contributed by atoms with E-state index < -0.39 is 5.60 Å². The molecule has 0 saturated heterocycles. The highest BCUT2D eigenvalue weighted by Crippen LogP contribution is 2.46. The van der Waals surface area contributed by atoms with Crippen molar-refractivity contribution >= 4 is 5.97 Å². The van der Waals surface area contributed by atoms with Gasteiger partial charge < -0.3 is 4.74 Å². The van der Waals surface area contributed by atoms with E-state index in [2.05, 4.69) is 56.8 Å². The molecule has 0 bridgehead atoms. The quantitative estimate of drug-likeness (QED) is 0.599. The van der Waals surface area contributed by atoms with E-state index in [9.17, 15) is 4.79 Å². The maximum Gasteiger partial charge on any atom is 0.334 e. The number of benzene rings is 2. The fourth-order valence-corrected chi connectivity index (χ4v) is 3.70. The number of aryl methyl sites for hydroxylation is 2. The normalized spacial score (nSPS) is 15.2. The molecule has 0 aliphatic heterocycles. The highest BCUT2D eigenvalue weighted by molar-refractivity contribution is 5.87. The Morgan fingerprint density at radius 1 is 1.00 bits per heavy atom. The highest BCUT2D eigenvalue weighted by Gasteiger charge is 2.45. The molecule has 1 aliphatic carbocycles. The lowest BCUT2D eigenvalue weighted by Gasteiger charge is -2.39. The van der Waals surface area contributed by atoms with Gasteiger partial charge in [-0.25, -0.2) is 4.79 Å². The number of esters is 1. The summed E-state index contributed by atoms with van der Waals surface area (Å²) in [4.78, 5) is 12.5. The van der Waals surface area contributed by atoms with Crippen molar-refractivity contribution < 1.29 is 9.53 Å². The van der Waals surface area contributed by atoms with E-state index in [0.29, 0.717) is 5.57 Å². The summed E-state index contributed by atoms with van der Waals surface area (Å²) < 4.78 is 6.20. The SMILES string of the molecule is C=C(C)C(=O)OC1(C(C)C)c2ccccc2CCc2ccccc21. The molecule has 2 aromatic carbocycles. The molecule has 1 aliphatic rings. The fraction of sp³-hybridized carbons (Fsp3) is 0.318. The number of carbonyl (C=O) groups is 1. The lowest BCUT2D eigenvalue weighted by atomic mass is 9.75. The molecule has 2 nitrogen and oxygen atoms in total. The molecule has 0 amide bonds. The van der Waals surface area contributed by atoms with E-state index in [1.54, 1.807) is 6.92 Å². The van der Waals surface area contributed by atoms with E-state index >= 15 is 0 Å². The smallest absolute Gasteiger partial charge is 0.334 e. The van der Waals surface area contributed by atoms with Crippen LogP contribution in [0.4, 0.5) is 0 Å². The Hall–Kier alpha value is -2.35. The molecule has 0 heterocycles. The number of hydrogen-bond donors (Lipinski definition) is 0. The molecular formula is C22H24O2. The molecule has 2 heteroatoms. The first-order chi connectivity index (χ1) is 11.5. The standard InChI is InChI=1S/C22H24O2/c1-15(2)21(23)24-22(16(3)4)19-11-7-5-9-17(19)13-14-18-10-6-8-12-20(18)22/h5-12,16H,1,13-14H2,2-4H3. The predicted octanol–water partition coefficient (Wildman–Crippen LogP) is 4.80. The van der Waals surface area contributed by atoms with Gasteiger partial charge in [0.2, 0.25) is 0 Å². The van der Waals surface area contributed by atoms with Crippen molar-refractivity contribution in [1.29, 1.82) is 0 Å². The van der Waals surface area contributed by atoms with Crippen molar-refractivity contribution in [3.05, 3.63) is 82.9 Å². The Balaban J connectivity index is 2.32. The van der Waals surface area contributed by atoms with E-state index in [0.717, 1.165) is 24.0 Å². The van der Waals surface area contributed by atoms with Crippen LogP contribution in [0.25, 0.3) is 0 Å². The Kier molecular flexibility index (Phi) is 4.31. The third-order valence-corrected chi connectivity index (χ3v) is 4.91. The van der Waals surface area contributed by atoms with Crippen LogP contribution in [0.5, 0.6) is 0 Å². The van der Waals surface area contributed by atoms with Crippen molar-refractivity contribution in [2.75, 3.05) is 0 Å². The average molecular weight is 320 g/mol. The van der Waals surface area contributed by atoms with Gasteiger partial charge in [0.25, 0.3) is 0 Å². The minimum Gasteiger partial charge on any atom is -0.446 e. The Labute approximate surface area is 144 Å². The molecule has 0 radical (unpaired) electrons. The van der Waals surface area contributed by atoms with Crippen LogP contribution >= 0.6 is 0 Å². The maximum atomic E-state index is 12.5. The summed E-state index contributed by atoms with van der Waals surface area (Å²) in [6.45, 7) is 9.70. The van der Waals surface area contributed by atoms with Crippen LogP contribution in [-0.4, -0.2) is 5.97 Å². The third kappa shape index (κ3) is 2.56. The van der Waals surface area contributed by atoms with Gasteiger partial charge in [0, 0.05) is 22.6 Å². The van der Waals surface area contributed by atoms with Crippen LogP contribution in [0.1, 0.15) is 43.0 Å². The van der Waals surface area contributed by atoms with Crippen LogP contribution < -0.4 is 0 Å². The molecule has 24 heavy (non-hydrogen) atoms. The third-order valence-electron chi connectivity index (χ3n) is 4.91. The molecule has 2 aromatic rings. The molecule has 0 aromatic heterocycles. The van der Waals surface area contributed by atoms with E-state index in [4.69, 9.17) is 4.74 Å². The van der Waals surface area contributed by atoms with E-state index in [-0.39, 0.29) is 11.9 Å². The highest BCUT2D eigenvalue weighted by atomic mass is 16.6. The van der Waals surface area contributed by atoms with Gasteiger partial charge in [-0.15, -0.1) is 0 Å². The number of rotatable bonds is 3. The second-order valence-corrected chi connectivity index (χ2v) is 6.87. The summed E-state index contributed by atoms with van der Waals surface area (Å²) in [7, 11) is 0. The first-order valence-electron chi connectivity index (χ1n) is 8.52. The van der Waals surface area contributed by atoms with Crippen molar-refractivity contribution in [2.45, 2.75) is 39.2 Å². The van der Waals surface area contributed by atoms with Crippen LogP contribution in [0, 0.1) is 5.92 Å². The van der Waals surface area contributed by atoms with Gasteiger partial charge in [-0.2, -0.15) is 0 Å². The van der Waals surface area contributed by atoms with Crippen LogP contribution in [-0.2, 0) is 28.0 Å². The molecule has 0 N–H and O–H groups in total. The average Bonchev–Trinajstić information content (AvgIpc) is 2.71. The van der Waals surface area contributed by atoms with Crippen LogP contribution in [0.15, 0.2) is 60.7 Å². The number of fused-ring (bicyclic) bond motifs is 2. The molecule has 0 spiro atoms. The van der Waals surface area contributed by atoms with Crippen molar-refractivity contribution in [3.63, 3.8) is 0 Å². The van der Waals surface area contributed by atoms with Gasteiger partial charge in [-0.05, 0) is 30.9 Å². The van der Waals surface area contributed by atoms with Crippen molar-refractivity contribution in [3.8, 4) is 0 Å². The monoisotopic (exact) mass is 320 g/mol. The van der Waals surface area contributed by atoms with Gasteiger partial charge in [0.05, 0.1) is 0 Å². The lowest BCUT2D eigenvalue weighted by Crippen LogP contribution is -2.40. The first kappa shape index (κ1) is 16.5. The molecule has 0 saturated carbocycles. The summed E-state index contributed by atoms with van der Waals surface area (Å²) in [5.41, 5.74) is 4.34. The number of carbonyl (C=O) groups excluding carboxylic acids is 1. The summed E-state index contributed by atoms with van der Waals surface area (Å²) in [6, 6.07) is 16.7. The van der Waals surface area contributed by atoms with Gasteiger partial charge in [0.15, 0.2) is 5.60 Å². The Morgan fingerprint density at radius 3 is 1.88 bits per heavy atom. The zero-order valence-corrected chi connectivity index (χ0v) is 14.6. The fourth-order valence-electron chi connectivity index (χ4n) is 3.70. The zero-order chi connectivity index (χ0) is 17.3. The largest absolute Gasteiger partial charge is 0.446 e. The van der Waals surface area contributed by atoms with Crippen molar-refractivity contribution in [2.24, 2.45) is 5.92 Å². The van der Waals surface area contributed by atoms with Gasteiger partial charge in [0.1, 0.15) is 0 Å². The summed E-state index contributed by atoms with van der Waals surface area (Å²) in [5.74, 6) is -0.239. The first-order valence-corrected chi connectivity index (χ1v) is 8.52. The van der Waals surface area contributed by atoms with Gasteiger partial charge in [-0.3, -0.25) is 0 Å². The molecular weight excluding hydrogens is 296 g/mol. The van der Waals surface area contributed by atoms with Crippen LogP contribution in [0.2, 0.25) is 0 Å². The summed E-state index contributed by atoms with van der Waals surface area (Å²) >= 11 is 0. The number of hydrogen-bond acceptors (Lipinski definition) is 2. The topological polar surface area (TPSA) is 26.3 Å². The molecule has 0 unspecified atom stereocenters. The van der Waals surface area contributed by atoms with Gasteiger partial charge >= 0.3 is 5.97 Å². The molecule has 3 rings (SSSR count). The van der Waals surface area contributed by atoms with Gasteiger partial charge in [-0.1, -0.05) is 69.0 Å².